The predicted octanol–water partition coefficient (Wildman–Crippen LogP) is 11.3. The van der Waals surface area contributed by atoms with Crippen molar-refractivity contribution >= 4 is 73.0 Å². The number of carbonyl (C=O) groups is 3. The molecule has 0 heterocycles. The lowest BCUT2D eigenvalue weighted by molar-refractivity contribution is 0.103. The normalized spacial score (nSPS) is 11.0. The third-order valence-corrected chi connectivity index (χ3v) is 9.98. The van der Waals surface area contributed by atoms with Crippen molar-refractivity contribution in [3.63, 3.8) is 0 Å². The number of halogens is 3. The largest absolute Gasteiger partial charge is 0.647 e. The summed E-state index contributed by atoms with van der Waals surface area (Å²) in [6, 6.07) is 39.2. The molecule has 0 radical (unpaired) electrons. The lowest BCUT2D eigenvalue weighted by Crippen LogP contribution is -2.10. The van der Waals surface area contributed by atoms with Crippen LogP contribution in [0.5, 0.6) is 17.2 Å². The van der Waals surface area contributed by atoms with Crippen LogP contribution in [0.25, 0.3) is 0 Å². The van der Waals surface area contributed by atoms with Crippen LogP contribution in [-0.2, 0) is 4.57 Å². The third kappa shape index (κ3) is 8.76. The van der Waals surface area contributed by atoms with Gasteiger partial charge >= 0.3 is 7.82 Å². The topological polar surface area (TPSA) is 96.0 Å². The average molecular weight is 875 g/mol. The van der Waals surface area contributed by atoms with Crippen molar-refractivity contribution in [3.8, 4) is 17.2 Å². The Bertz CT molecular complexity index is 2050. The highest BCUT2D eigenvalue weighted by molar-refractivity contribution is 9.11. The van der Waals surface area contributed by atoms with Crippen LogP contribution >= 0.6 is 55.6 Å². The van der Waals surface area contributed by atoms with Gasteiger partial charge < -0.3 is 13.6 Å². The molecular weight excluding hydrogens is 851 g/mol. The van der Waals surface area contributed by atoms with E-state index in [2.05, 4.69) is 47.8 Å². The molecule has 0 saturated carbocycles. The average Bonchev–Trinajstić information content (AvgIpc) is 3.11. The summed E-state index contributed by atoms with van der Waals surface area (Å²) < 4.78 is 34.6. The molecule has 11 heteroatoms. The number of benzene rings is 6. The van der Waals surface area contributed by atoms with E-state index in [0.717, 1.165) is 13.4 Å². The Morgan fingerprint density at radius 2 is 0.620 bits per heavy atom. The van der Waals surface area contributed by atoms with Gasteiger partial charge in [0.15, 0.2) is 17.3 Å². The smallest absolute Gasteiger partial charge is 0.386 e. The molecule has 0 aliphatic carbocycles. The Morgan fingerprint density at radius 3 is 0.880 bits per heavy atom. The van der Waals surface area contributed by atoms with E-state index >= 15 is 0 Å². The van der Waals surface area contributed by atoms with Gasteiger partial charge in [-0.15, -0.1) is 0 Å². The van der Waals surface area contributed by atoms with E-state index in [-0.39, 0.29) is 51.3 Å². The highest BCUT2D eigenvalue weighted by Gasteiger charge is 2.34. The second-order valence-electron chi connectivity index (χ2n) is 10.8. The van der Waals surface area contributed by atoms with Gasteiger partial charge in [-0.05, 0) is 72.8 Å². The molecule has 0 aliphatic rings. The molecule has 6 aromatic carbocycles. The van der Waals surface area contributed by atoms with E-state index in [0.29, 0.717) is 16.7 Å². The Labute approximate surface area is 313 Å². The SMILES string of the molecule is O=C(c1cccc(Br)c1)c1cccc(OP(=O)(Oc2cccc(C(=O)c3cccc(Br)c3)c2)Oc2cccc(C(=O)c3cccc(Br)c3)c2)c1. The van der Waals surface area contributed by atoms with Crippen molar-refractivity contribution < 1.29 is 32.5 Å². The fourth-order valence-electron chi connectivity index (χ4n) is 4.91. The zero-order valence-electron chi connectivity index (χ0n) is 25.8. The van der Waals surface area contributed by atoms with Crippen LogP contribution in [0.2, 0.25) is 0 Å². The highest BCUT2D eigenvalue weighted by Crippen LogP contribution is 2.50. The Morgan fingerprint density at radius 1 is 0.380 bits per heavy atom. The first kappa shape index (κ1) is 35.2. The number of carbonyl (C=O) groups excluding carboxylic acids is 3. The van der Waals surface area contributed by atoms with E-state index in [4.69, 9.17) is 13.6 Å². The fraction of sp³-hybridized carbons (Fsp3) is 0. The molecule has 248 valence electrons. The number of hydrogen-bond donors (Lipinski definition) is 0. The Balaban J connectivity index is 1.33. The molecule has 0 spiro atoms. The zero-order chi connectivity index (χ0) is 35.3. The molecule has 0 unspecified atom stereocenters. The molecule has 6 aromatic rings. The van der Waals surface area contributed by atoms with Gasteiger partial charge in [-0.2, -0.15) is 4.57 Å². The molecular formula is C39H24Br3O7P. The van der Waals surface area contributed by atoms with Crippen molar-refractivity contribution in [2.75, 3.05) is 0 Å². The minimum absolute atomic E-state index is 0.0249. The lowest BCUT2D eigenvalue weighted by Gasteiger charge is -2.20. The van der Waals surface area contributed by atoms with Crippen molar-refractivity contribution in [3.05, 3.63) is 192 Å². The Kier molecular flexibility index (Phi) is 10.9. The van der Waals surface area contributed by atoms with Crippen LogP contribution in [0.3, 0.4) is 0 Å². The van der Waals surface area contributed by atoms with Gasteiger partial charge in [-0.25, -0.2) is 0 Å². The van der Waals surface area contributed by atoms with E-state index < -0.39 is 7.82 Å². The van der Waals surface area contributed by atoms with Gasteiger partial charge in [0, 0.05) is 46.8 Å². The number of hydrogen-bond acceptors (Lipinski definition) is 7. The minimum atomic E-state index is -4.63. The maximum absolute atomic E-state index is 14.6. The zero-order valence-corrected chi connectivity index (χ0v) is 31.4. The van der Waals surface area contributed by atoms with Crippen molar-refractivity contribution in [2.45, 2.75) is 0 Å². The van der Waals surface area contributed by atoms with E-state index in [9.17, 15) is 18.9 Å². The quantitative estimate of drug-likeness (QED) is 0.0892. The van der Waals surface area contributed by atoms with Gasteiger partial charge in [0.05, 0.1) is 0 Å². The summed E-state index contributed by atoms with van der Waals surface area (Å²) >= 11 is 10.2. The van der Waals surface area contributed by atoms with Gasteiger partial charge in [0.2, 0.25) is 0 Å². The molecule has 7 nitrogen and oxygen atoms in total. The van der Waals surface area contributed by atoms with E-state index in [1.54, 1.807) is 91.0 Å². The maximum atomic E-state index is 14.6. The molecule has 50 heavy (non-hydrogen) atoms. The molecule has 6 rings (SSSR count). The summed E-state index contributed by atoms with van der Waals surface area (Å²) in [4.78, 5) is 39.9. The summed E-state index contributed by atoms with van der Waals surface area (Å²) in [5, 5.41) is 0. The van der Waals surface area contributed by atoms with E-state index in [1.807, 2.05) is 18.2 Å². The molecule has 0 amide bonds. The highest BCUT2D eigenvalue weighted by atomic mass is 79.9. The number of phosphoric ester groups is 1. The molecule has 0 saturated heterocycles. The van der Waals surface area contributed by atoms with Gasteiger partial charge in [-0.1, -0.05) is 121 Å². The molecule has 0 fully saturated rings. The first-order valence-electron chi connectivity index (χ1n) is 15.0. The lowest BCUT2D eigenvalue weighted by atomic mass is 10.0. The molecule has 0 bridgehead atoms. The van der Waals surface area contributed by atoms with Crippen LogP contribution < -0.4 is 13.6 Å². The molecule has 0 aliphatic heterocycles. The summed E-state index contributed by atoms with van der Waals surface area (Å²) in [6.45, 7) is 0. The molecule has 0 atom stereocenters. The number of rotatable bonds is 12. The van der Waals surface area contributed by atoms with Crippen molar-refractivity contribution in [1.29, 1.82) is 0 Å². The molecule has 0 aromatic heterocycles. The fourth-order valence-corrected chi connectivity index (χ4v) is 7.34. The van der Waals surface area contributed by atoms with Crippen LogP contribution in [0, 0.1) is 0 Å². The second kappa shape index (κ2) is 15.5. The minimum Gasteiger partial charge on any atom is -0.386 e. The van der Waals surface area contributed by atoms with Gasteiger partial charge in [0.1, 0.15) is 17.2 Å². The van der Waals surface area contributed by atoms with Crippen LogP contribution in [0.15, 0.2) is 159 Å². The summed E-state index contributed by atoms with van der Waals surface area (Å²) in [5.74, 6) is -0.784. The summed E-state index contributed by atoms with van der Waals surface area (Å²) in [7, 11) is -4.63. The van der Waals surface area contributed by atoms with Crippen LogP contribution in [0.1, 0.15) is 47.8 Å². The van der Waals surface area contributed by atoms with Gasteiger partial charge in [-0.3, -0.25) is 14.4 Å². The Hall–Kier alpha value is -4.60. The summed E-state index contributed by atoms with van der Waals surface area (Å²) in [5.41, 5.74) is 2.13. The first-order chi connectivity index (χ1) is 24.0. The predicted molar refractivity (Wildman–Crippen MR) is 202 cm³/mol. The van der Waals surface area contributed by atoms with Crippen LogP contribution in [-0.4, -0.2) is 17.3 Å². The van der Waals surface area contributed by atoms with Crippen LogP contribution in [0.4, 0.5) is 0 Å². The maximum Gasteiger partial charge on any atom is 0.647 e. The third-order valence-electron chi connectivity index (χ3n) is 7.20. The second-order valence-corrected chi connectivity index (χ2v) is 15.0. The summed E-state index contributed by atoms with van der Waals surface area (Å²) in [6.07, 6.45) is 0. The van der Waals surface area contributed by atoms with Crippen molar-refractivity contribution in [1.82, 2.24) is 0 Å². The van der Waals surface area contributed by atoms with Gasteiger partial charge in [0.25, 0.3) is 0 Å². The number of phosphoric acid groups is 1. The first-order valence-corrected chi connectivity index (χ1v) is 18.8. The monoisotopic (exact) mass is 872 g/mol. The number of ketones is 3. The standard InChI is InChI=1S/C39H24Br3O7P/c40-31-13-1-7-25(19-31)37(43)28-10-4-16-34(22-28)47-50(46,48-35-17-5-11-29(23-35)38(44)26-8-2-14-32(41)20-26)49-36-18-6-12-30(24-36)39(45)27-9-3-15-33(42)21-27/h1-24H. The van der Waals surface area contributed by atoms with Crippen molar-refractivity contribution in [2.24, 2.45) is 0 Å². The van der Waals surface area contributed by atoms with E-state index in [1.165, 1.54) is 36.4 Å². The molecule has 0 N–H and O–H groups in total.